The van der Waals surface area contributed by atoms with Crippen molar-refractivity contribution < 1.29 is 0 Å². The number of hydrogen-bond acceptors (Lipinski definition) is 3. The zero-order chi connectivity index (χ0) is 14.1. The molecule has 3 heteroatoms. The molecule has 2 aromatic rings. The number of pyridine rings is 1. The van der Waals surface area contributed by atoms with E-state index in [1.54, 1.807) is 0 Å². The summed E-state index contributed by atoms with van der Waals surface area (Å²) >= 11 is 0. The molecule has 1 N–H and O–H groups in total. The Balaban J connectivity index is 1.87. The third-order valence-corrected chi connectivity index (χ3v) is 4.23. The summed E-state index contributed by atoms with van der Waals surface area (Å²) in [5.41, 5.74) is 3.79. The van der Waals surface area contributed by atoms with Gasteiger partial charge in [0, 0.05) is 43.3 Å². The fraction of sp³-hybridized carbons (Fsp3) is 0.471. The summed E-state index contributed by atoms with van der Waals surface area (Å²) in [5, 5.41) is 4.79. The van der Waals surface area contributed by atoms with Gasteiger partial charge in [0.1, 0.15) is 0 Å². The molecule has 0 saturated carbocycles. The zero-order valence-electron chi connectivity index (χ0n) is 12.6. The molecule has 0 radical (unpaired) electrons. The van der Waals surface area contributed by atoms with Gasteiger partial charge in [-0.15, -0.1) is 0 Å². The highest BCUT2D eigenvalue weighted by atomic mass is 15.2. The van der Waals surface area contributed by atoms with E-state index in [0.29, 0.717) is 12.1 Å². The van der Waals surface area contributed by atoms with Crippen LogP contribution in [0.1, 0.15) is 25.0 Å². The van der Waals surface area contributed by atoms with Crippen molar-refractivity contribution in [2.24, 2.45) is 0 Å². The van der Waals surface area contributed by atoms with Crippen LogP contribution in [-0.2, 0) is 6.54 Å². The van der Waals surface area contributed by atoms with Gasteiger partial charge in [-0.1, -0.05) is 12.1 Å². The monoisotopic (exact) mass is 269 g/mol. The molecule has 106 valence electrons. The number of fused-ring (bicyclic) bond motifs is 1. The molecule has 0 amide bonds. The molecule has 1 aliphatic rings. The minimum atomic E-state index is 0.578. The van der Waals surface area contributed by atoms with Crippen LogP contribution in [0.4, 0.5) is 0 Å². The fourth-order valence-corrected chi connectivity index (χ4v) is 3.09. The van der Waals surface area contributed by atoms with Crippen molar-refractivity contribution in [2.45, 2.75) is 39.4 Å². The number of benzene rings is 1. The Morgan fingerprint density at radius 1 is 1.35 bits per heavy atom. The molecule has 1 saturated heterocycles. The molecular formula is C17H23N3. The number of aromatic nitrogens is 1. The first kappa shape index (κ1) is 13.5. The molecule has 2 atom stereocenters. The highest BCUT2D eigenvalue weighted by Crippen LogP contribution is 2.20. The Morgan fingerprint density at radius 3 is 3.05 bits per heavy atom. The Morgan fingerprint density at radius 2 is 2.20 bits per heavy atom. The van der Waals surface area contributed by atoms with E-state index in [1.807, 2.05) is 12.3 Å². The number of rotatable bonds is 2. The summed E-state index contributed by atoms with van der Waals surface area (Å²) in [6.07, 6.45) is 1.87. The lowest BCUT2D eigenvalue weighted by Gasteiger charge is -2.37. The van der Waals surface area contributed by atoms with Gasteiger partial charge >= 0.3 is 0 Å². The zero-order valence-corrected chi connectivity index (χ0v) is 12.6. The van der Waals surface area contributed by atoms with Crippen LogP contribution in [0.25, 0.3) is 10.9 Å². The van der Waals surface area contributed by atoms with Crippen molar-refractivity contribution in [3.63, 3.8) is 0 Å². The second-order valence-corrected chi connectivity index (χ2v) is 6.08. The SMILES string of the molecule is Cc1cc(CN2CC(C)NCC2C)cc2cccnc12. The van der Waals surface area contributed by atoms with Crippen LogP contribution in [-0.4, -0.2) is 35.1 Å². The van der Waals surface area contributed by atoms with E-state index in [-0.39, 0.29) is 0 Å². The summed E-state index contributed by atoms with van der Waals surface area (Å²) in [4.78, 5) is 7.04. The van der Waals surface area contributed by atoms with Gasteiger partial charge < -0.3 is 5.32 Å². The highest BCUT2D eigenvalue weighted by Gasteiger charge is 2.22. The van der Waals surface area contributed by atoms with E-state index in [1.165, 1.54) is 16.5 Å². The molecule has 0 bridgehead atoms. The van der Waals surface area contributed by atoms with Gasteiger partial charge in [0.15, 0.2) is 0 Å². The van der Waals surface area contributed by atoms with Crippen LogP contribution in [0.3, 0.4) is 0 Å². The first-order valence-corrected chi connectivity index (χ1v) is 7.45. The normalized spacial score (nSPS) is 24.1. The first-order valence-electron chi connectivity index (χ1n) is 7.45. The van der Waals surface area contributed by atoms with Crippen molar-refractivity contribution >= 4 is 10.9 Å². The molecule has 0 aliphatic carbocycles. The summed E-state index contributed by atoms with van der Waals surface area (Å²) in [5.74, 6) is 0. The van der Waals surface area contributed by atoms with E-state index in [9.17, 15) is 0 Å². The van der Waals surface area contributed by atoms with Crippen molar-refractivity contribution in [3.05, 3.63) is 41.6 Å². The Labute approximate surface area is 121 Å². The average molecular weight is 269 g/mol. The number of nitrogens with one attached hydrogen (secondary N) is 1. The maximum absolute atomic E-state index is 4.47. The topological polar surface area (TPSA) is 28.2 Å². The predicted molar refractivity (Wildman–Crippen MR) is 83.8 cm³/mol. The van der Waals surface area contributed by atoms with Crippen LogP contribution in [0.15, 0.2) is 30.5 Å². The van der Waals surface area contributed by atoms with Gasteiger partial charge in [0.25, 0.3) is 0 Å². The van der Waals surface area contributed by atoms with Gasteiger partial charge in [-0.25, -0.2) is 0 Å². The number of hydrogen-bond donors (Lipinski definition) is 1. The van der Waals surface area contributed by atoms with Crippen LogP contribution >= 0.6 is 0 Å². The lowest BCUT2D eigenvalue weighted by molar-refractivity contribution is 0.139. The molecule has 1 fully saturated rings. The van der Waals surface area contributed by atoms with Gasteiger partial charge in [0.2, 0.25) is 0 Å². The minimum absolute atomic E-state index is 0.578. The summed E-state index contributed by atoms with van der Waals surface area (Å²) in [6.45, 7) is 9.94. The average Bonchev–Trinajstić information content (AvgIpc) is 2.43. The lowest BCUT2D eigenvalue weighted by Crippen LogP contribution is -2.53. The molecule has 1 aromatic carbocycles. The van der Waals surface area contributed by atoms with E-state index in [4.69, 9.17) is 0 Å². The lowest BCUT2D eigenvalue weighted by atomic mass is 10.0. The highest BCUT2D eigenvalue weighted by molar-refractivity contribution is 5.82. The third kappa shape index (κ3) is 2.69. The first-order chi connectivity index (χ1) is 9.63. The van der Waals surface area contributed by atoms with E-state index in [2.05, 4.69) is 54.2 Å². The Kier molecular flexibility index (Phi) is 3.72. The quantitative estimate of drug-likeness (QED) is 0.908. The minimum Gasteiger partial charge on any atom is -0.311 e. The molecule has 2 unspecified atom stereocenters. The Bertz CT molecular complexity index is 608. The molecule has 0 spiro atoms. The van der Waals surface area contributed by atoms with Crippen molar-refractivity contribution in [1.82, 2.24) is 15.2 Å². The van der Waals surface area contributed by atoms with Gasteiger partial charge in [0.05, 0.1) is 5.52 Å². The smallest absolute Gasteiger partial charge is 0.0731 e. The number of piperazine rings is 1. The summed E-state index contributed by atoms with van der Waals surface area (Å²) in [7, 11) is 0. The molecule has 3 rings (SSSR count). The van der Waals surface area contributed by atoms with E-state index < -0.39 is 0 Å². The van der Waals surface area contributed by atoms with Crippen molar-refractivity contribution in [1.29, 1.82) is 0 Å². The summed E-state index contributed by atoms with van der Waals surface area (Å²) in [6, 6.07) is 9.92. The standard InChI is InChI=1S/C17H23N3/c1-12-7-15(8-16-5-4-6-18-17(12)16)11-20-10-13(2)19-9-14(20)3/h4-8,13-14,19H,9-11H2,1-3H3. The van der Waals surface area contributed by atoms with E-state index >= 15 is 0 Å². The largest absolute Gasteiger partial charge is 0.311 e. The van der Waals surface area contributed by atoms with Crippen molar-refractivity contribution in [3.8, 4) is 0 Å². The molecular weight excluding hydrogens is 246 g/mol. The molecule has 3 nitrogen and oxygen atoms in total. The third-order valence-electron chi connectivity index (χ3n) is 4.23. The molecule has 1 aliphatic heterocycles. The maximum atomic E-state index is 4.47. The number of aryl methyl sites for hydroxylation is 1. The van der Waals surface area contributed by atoms with Gasteiger partial charge in [-0.3, -0.25) is 9.88 Å². The fourth-order valence-electron chi connectivity index (χ4n) is 3.09. The van der Waals surface area contributed by atoms with Crippen LogP contribution in [0, 0.1) is 6.92 Å². The molecule has 2 heterocycles. The van der Waals surface area contributed by atoms with Crippen LogP contribution in [0.2, 0.25) is 0 Å². The van der Waals surface area contributed by atoms with Gasteiger partial charge in [-0.2, -0.15) is 0 Å². The second kappa shape index (κ2) is 5.51. The molecule has 1 aromatic heterocycles. The predicted octanol–water partition coefficient (Wildman–Crippen LogP) is 2.73. The Hall–Kier alpha value is -1.45. The summed E-state index contributed by atoms with van der Waals surface area (Å²) < 4.78 is 0. The van der Waals surface area contributed by atoms with Crippen molar-refractivity contribution in [2.75, 3.05) is 13.1 Å². The van der Waals surface area contributed by atoms with E-state index in [0.717, 1.165) is 25.2 Å². The van der Waals surface area contributed by atoms with Gasteiger partial charge in [-0.05, 0) is 44.0 Å². The maximum Gasteiger partial charge on any atom is 0.0731 e. The van der Waals surface area contributed by atoms with Crippen LogP contribution < -0.4 is 5.32 Å². The second-order valence-electron chi connectivity index (χ2n) is 6.08. The number of nitrogens with zero attached hydrogens (tertiary/aromatic N) is 2. The van der Waals surface area contributed by atoms with Crippen LogP contribution in [0.5, 0.6) is 0 Å². The molecule has 20 heavy (non-hydrogen) atoms.